The first-order valence-corrected chi connectivity index (χ1v) is 31.8. The molecule has 0 bridgehead atoms. The predicted octanol–water partition coefficient (Wildman–Crippen LogP) is 21.2. The molecule has 0 atom stereocenters. The van der Waals surface area contributed by atoms with Crippen LogP contribution in [0.15, 0.2) is 162 Å². The van der Waals surface area contributed by atoms with Crippen molar-refractivity contribution in [2.45, 2.75) is 175 Å². The number of anilines is 5. The molecule has 0 spiro atoms. The fourth-order valence-corrected chi connectivity index (χ4v) is 15.9. The van der Waals surface area contributed by atoms with E-state index >= 15 is 0 Å². The number of hydrogen-bond acceptors (Lipinski definition) is 3. The van der Waals surface area contributed by atoms with E-state index in [1.807, 2.05) is 0 Å². The Kier molecular flexibility index (Phi) is 11.3. The van der Waals surface area contributed by atoms with Gasteiger partial charge in [-0.1, -0.05) is 197 Å². The van der Waals surface area contributed by atoms with Gasteiger partial charge in [-0.15, -0.1) is 0 Å². The highest BCUT2D eigenvalue weighted by atomic mass is 16.3. The molecule has 2 aromatic heterocycles. The van der Waals surface area contributed by atoms with Crippen molar-refractivity contribution in [3.8, 4) is 27.9 Å². The maximum absolute atomic E-state index is 7.38. The van der Waals surface area contributed by atoms with Crippen LogP contribution in [0.2, 0.25) is 0 Å². The Morgan fingerprint density at radius 3 is 1.58 bits per heavy atom. The van der Waals surface area contributed by atoms with E-state index in [4.69, 9.17) is 4.42 Å². The molecule has 0 radical (unpaired) electrons. The van der Waals surface area contributed by atoms with Gasteiger partial charge in [0.1, 0.15) is 11.2 Å². The van der Waals surface area contributed by atoms with Gasteiger partial charge in [0.15, 0.2) is 0 Å². The van der Waals surface area contributed by atoms with E-state index in [9.17, 15) is 0 Å². The second kappa shape index (κ2) is 17.7. The van der Waals surface area contributed by atoms with E-state index in [0.29, 0.717) is 0 Å². The molecule has 5 heteroatoms. The van der Waals surface area contributed by atoms with Crippen LogP contribution >= 0.6 is 0 Å². The highest BCUT2D eigenvalue weighted by Crippen LogP contribution is 2.61. The normalized spacial score (nSPS) is 16.4. The molecule has 86 heavy (non-hydrogen) atoms. The fraction of sp³-hybridized carbons (Fsp3) is 0.333. The number of hydrogen-bond donors (Lipinski definition) is 0. The van der Waals surface area contributed by atoms with Gasteiger partial charge in [-0.2, -0.15) is 0 Å². The van der Waals surface area contributed by atoms with Crippen LogP contribution < -0.4 is 20.6 Å². The van der Waals surface area contributed by atoms with Gasteiger partial charge in [0, 0.05) is 78.8 Å². The molecule has 2 aliphatic carbocycles. The van der Waals surface area contributed by atoms with Crippen molar-refractivity contribution in [2.75, 3.05) is 9.71 Å². The molecular weight excluding hydrogens is 1040 g/mol. The highest BCUT2D eigenvalue weighted by molar-refractivity contribution is 6.94. The molecule has 4 aliphatic rings. The molecule has 4 heterocycles. The second-order valence-electron chi connectivity index (χ2n) is 32.1. The second-order valence-corrected chi connectivity index (χ2v) is 32.1. The third-order valence-electron chi connectivity index (χ3n) is 21.0. The quantitative estimate of drug-likeness (QED) is 0.164. The summed E-state index contributed by atoms with van der Waals surface area (Å²) in [5.74, 6) is 0. The first-order valence-electron chi connectivity index (χ1n) is 31.8. The fourth-order valence-electron chi connectivity index (χ4n) is 15.9. The molecule has 0 fully saturated rings. The maximum Gasteiger partial charge on any atom is 0.333 e. The lowest BCUT2D eigenvalue weighted by atomic mass is 9.43. The molecule has 0 N–H and O–H groups in total. The van der Waals surface area contributed by atoms with Gasteiger partial charge >= 0.3 is 6.85 Å². The van der Waals surface area contributed by atoms with Crippen LogP contribution in [-0.2, 0) is 37.9 Å². The number of furan rings is 1. The topological polar surface area (TPSA) is 24.6 Å². The smallest absolute Gasteiger partial charge is 0.333 e. The number of nitrogens with zero attached hydrogens (tertiary/aromatic N) is 3. The Balaban J connectivity index is 1.07. The number of benzene rings is 9. The summed E-state index contributed by atoms with van der Waals surface area (Å²) in [5, 5.41) is 5.02. The molecule has 432 valence electrons. The number of fused-ring (bicyclic) bond motifs is 17. The number of rotatable bonds is 4. The Labute approximate surface area is 511 Å². The molecule has 0 saturated carbocycles. The van der Waals surface area contributed by atoms with Crippen LogP contribution in [0.1, 0.15) is 182 Å². The standard InChI is InChI=1S/C81H84BN3O/c1-75(2,3)47-23-30-51(31-24-47)83(52-32-25-48(26-33-52)76(4,5)6)54-36-37-55-57-43-58-66(46-68(57)86-67(55)42-54)85(53-34-27-49(28-35-53)77(7,8)9)82-63-41-50(78(10,11)12)29-38-64(63)84-65-45-62-61(79(13,14)39-40-80(62,15)16)44-59(65)71-72-69(70(58)73(82)74(71)84)56-21-19-20-22-60(56)81(72,17)18/h19-38,41-46H,39-40H2,1-18H3. The van der Waals surface area contributed by atoms with E-state index in [2.05, 4.69) is 297 Å². The van der Waals surface area contributed by atoms with Crippen molar-refractivity contribution in [1.82, 2.24) is 4.57 Å². The van der Waals surface area contributed by atoms with E-state index in [1.165, 1.54) is 111 Å². The Hall–Kier alpha value is -7.76. The van der Waals surface area contributed by atoms with Gasteiger partial charge in [0.2, 0.25) is 0 Å². The highest BCUT2D eigenvalue weighted by Gasteiger charge is 2.51. The van der Waals surface area contributed by atoms with Gasteiger partial charge in [-0.3, -0.25) is 0 Å². The molecule has 0 amide bonds. The lowest BCUT2D eigenvalue weighted by Crippen LogP contribution is -2.61. The minimum Gasteiger partial charge on any atom is -0.456 e. The molecular formula is C81H84BN3O. The van der Waals surface area contributed by atoms with Gasteiger partial charge in [-0.25, -0.2) is 0 Å². The zero-order valence-corrected chi connectivity index (χ0v) is 54.3. The minimum absolute atomic E-state index is 0.0131. The molecule has 9 aromatic carbocycles. The van der Waals surface area contributed by atoms with Crippen molar-refractivity contribution < 1.29 is 4.42 Å². The molecule has 0 unspecified atom stereocenters. The van der Waals surface area contributed by atoms with Gasteiger partial charge in [0.05, 0.1) is 11.0 Å². The summed E-state index contributed by atoms with van der Waals surface area (Å²) in [4.78, 5) is 5.11. The summed E-state index contributed by atoms with van der Waals surface area (Å²) in [7, 11) is 0. The van der Waals surface area contributed by atoms with E-state index in [1.54, 1.807) is 0 Å². The molecule has 2 aliphatic heterocycles. The average molecular weight is 1130 g/mol. The zero-order chi connectivity index (χ0) is 60.5. The third-order valence-corrected chi connectivity index (χ3v) is 21.0. The summed E-state index contributed by atoms with van der Waals surface area (Å²) in [6, 6.07) is 61.9. The molecule has 0 saturated heterocycles. The van der Waals surface area contributed by atoms with Gasteiger partial charge < -0.3 is 18.7 Å². The summed E-state index contributed by atoms with van der Waals surface area (Å²) in [6.45, 7) is 42.6. The summed E-state index contributed by atoms with van der Waals surface area (Å²) in [6.07, 6.45) is 2.32. The van der Waals surface area contributed by atoms with Gasteiger partial charge in [-0.05, 0) is 190 Å². The SMILES string of the molecule is CC(C)(C)c1ccc(N2B3c4cc(C(C)(C)C)ccc4-n4c5cc6c(cc5c5c7c(c(c3c54)-c3cc4c(cc32)oc2cc(N(c3ccc(C(C)(C)C)cc3)c3ccc(C(C)(C)C)cc3)ccc24)-c2ccccc2C7(C)C)C(C)(C)CCC6(C)C)cc1. The Bertz CT molecular complexity index is 4630. The van der Waals surface area contributed by atoms with Crippen molar-refractivity contribution >= 4 is 90.0 Å². The minimum atomic E-state index is -0.300. The van der Waals surface area contributed by atoms with Crippen LogP contribution in [0.4, 0.5) is 28.4 Å². The maximum atomic E-state index is 7.38. The van der Waals surface area contributed by atoms with Crippen LogP contribution in [-0.4, -0.2) is 11.4 Å². The lowest BCUT2D eigenvalue weighted by Gasteiger charge is -2.43. The van der Waals surface area contributed by atoms with Crippen molar-refractivity contribution in [1.29, 1.82) is 0 Å². The first kappa shape index (κ1) is 54.9. The van der Waals surface area contributed by atoms with E-state index < -0.39 is 0 Å². The average Bonchev–Trinajstić information content (AvgIpc) is 1.53. The molecule has 15 rings (SSSR count). The van der Waals surface area contributed by atoms with Crippen LogP contribution in [0.5, 0.6) is 0 Å². The Morgan fingerprint density at radius 1 is 0.453 bits per heavy atom. The van der Waals surface area contributed by atoms with Crippen LogP contribution in [0.3, 0.4) is 0 Å². The Morgan fingerprint density at radius 2 is 0.988 bits per heavy atom. The van der Waals surface area contributed by atoms with Crippen molar-refractivity contribution in [3.63, 3.8) is 0 Å². The molecule has 11 aromatic rings. The monoisotopic (exact) mass is 1130 g/mol. The first-order chi connectivity index (χ1) is 40.4. The van der Waals surface area contributed by atoms with Crippen molar-refractivity contribution in [2.24, 2.45) is 0 Å². The summed E-state index contributed by atoms with van der Waals surface area (Å²) < 4.78 is 10.1. The summed E-state index contributed by atoms with van der Waals surface area (Å²) >= 11 is 0. The third kappa shape index (κ3) is 7.87. The predicted molar refractivity (Wildman–Crippen MR) is 369 cm³/mol. The van der Waals surface area contributed by atoms with E-state index in [-0.39, 0.29) is 44.8 Å². The van der Waals surface area contributed by atoms with Gasteiger partial charge in [0.25, 0.3) is 0 Å². The van der Waals surface area contributed by atoms with Crippen LogP contribution in [0, 0.1) is 0 Å². The number of aromatic nitrogens is 1. The molecule has 4 nitrogen and oxygen atoms in total. The zero-order valence-electron chi connectivity index (χ0n) is 54.3. The van der Waals surface area contributed by atoms with E-state index in [0.717, 1.165) is 57.5 Å². The van der Waals surface area contributed by atoms with Crippen LogP contribution in [0.25, 0.3) is 71.7 Å². The summed E-state index contributed by atoms with van der Waals surface area (Å²) in [5.41, 5.74) is 30.2. The lowest BCUT2D eigenvalue weighted by molar-refractivity contribution is 0.332. The van der Waals surface area contributed by atoms with Crippen molar-refractivity contribution in [3.05, 3.63) is 202 Å². The largest absolute Gasteiger partial charge is 0.456 e.